The monoisotopic (exact) mass is 263 g/mol. The largest absolute Gasteiger partial charge is 0.412 e. The smallest absolute Gasteiger partial charge is 0.294 e. The summed E-state index contributed by atoms with van der Waals surface area (Å²) in [6.45, 7) is 3.66. The molecular formula is C10H17NO5S. The van der Waals surface area contributed by atoms with E-state index in [2.05, 4.69) is 0 Å². The van der Waals surface area contributed by atoms with Gasteiger partial charge in [-0.1, -0.05) is 24.6 Å². The van der Waals surface area contributed by atoms with Gasteiger partial charge >= 0.3 is 0 Å². The molecule has 5 N–H and O–H groups in total. The van der Waals surface area contributed by atoms with E-state index in [0.717, 1.165) is 5.56 Å². The Morgan fingerprint density at radius 3 is 1.82 bits per heavy atom. The van der Waals surface area contributed by atoms with Crippen molar-refractivity contribution in [1.29, 1.82) is 5.26 Å². The van der Waals surface area contributed by atoms with E-state index in [1.54, 1.807) is 12.1 Å². The number of benzene rings is 1. The second-order valence-electron chi connectivity index (χ2n) is 2.80. The Balaban J connectivity index is -0.000000289. The van der Waals surface area contributed by atoms with Crippen molar-refractivity contribution in [2.75, 3.05) is 0 Å². The second kappa shape index (κ2) is 9.74. The molecule has 0 aliphatic heterocycles. The quantitative estimate of drug-likeness (QED) is 0.736. The summed E-state index contributed by atoms with van der Waals surface area (Å²) in [7, 11) is -4.02. The molecule has 0 atom stereocenters. The molecule has 0 fully saturated rings. The summed E-state index contributed by atoms with van der Waals surface area (Å²) in [5, 5.41) is 7.62. The molecule has 1 aromatic rings. The van der Waals surface area contributed by atoms with Crippen molar-refractivity contribution in [2.45, 2.75) is 25.2 Å². The predicted molar refractivity (Wildman–Crippen MR) is 64.1 cm³/mol. The SMILES string of the molecule is CCC#N.Cc1ccc(S(=O)(=O)O)cc1.O.O. The van der Waals surface area contributed by atoms with Gasteiger partial charge in [0.25, 0.3) is 10.1 Å². The van der Waals surface area contributed by atoms with Crippen molar-refractivity contribution in [2.24, 2.45) is 0 Å². The molecule has 0 aliphatic rings. The van der Waals surface area contributed by atoms with Crippen LogP contribution >= 0.6 is 0 Å². The fourth-order valence-electron chi connectivity index (χ4n) is 0.710. The standard InChI is InChI=1S/C7H8O3S.C3H5N.2H2O/c1-6-2-4-7(5-3-6)11(8,9)10;1-2-3-4;;/h2-5H,1H3,(H,8,9,10);2H2,1H3;2*1H2. The summed E-state index contributed by atoms with van der Waals surface area (Å²) >= 11 is 0. The van der Waals surface area contributed by atoms with Crippen molar-refractivity contribution in [3.63, 3.8) is 0 Å². The fourth-order valence-corrected chi connectivity index (χ4v) is 1.19. The zero-order chi connectivity index (χ0) is 11.9. The molecule has 0 amide bonds. The normalized spacial score (nSPS) is 8.59. The number of nitrogens with zero attached hydrogens (tertiary/aromatic N) is 1. The van der Waals surface area contributed by atoms with Crippen molar-refractivity contribution >= 4 is 10.1 Å². The summed E-state index contributed by atoms with van der Waals surface area (Å²) in [6, 6.07) is 7.92. The number of hydrogen-bond acceptors (Lipinski definition) is 3. The van der Waals surface area contributed by atoms with Gasteiger partial charge in [-0.2, -0.15) is 13.7 Å². The van der Waals surface area contributed by atoms with Gasteiger partial charge in [0, 0.05) is 6.42 Å². The molecule has 0 saturated heterocycles. The Morgan fingerprint density at radius 1 is 1.24 bits per heavy atom. The Bertz CT molecular complexity index is 433. The maximum atomic E-state index is 10.5. The van der Waals surface area contributed by atoms with E-state index >= 15 is 0 Å². The first kappa shape index (κ1) is 20.9. The van der Waals surface area contributed by atoms with E-state index in [9.17, 15) is 8.42 Å². The zero-order valence-electron chi connectivity index (χ0n) is 9.64. The van der Waals surface area contributed by atoms with Gasteiger partial charge in [-0.15, -0.1) is 0 Å². The Labute approximate surface area is 101 Å². The lowest BCUT2D eigenvalue weighted by Gasteiger charge is -1.95. The molecule has 0 aliphatic carbocycles. The minimum atomic E-state index is -4.02. The number of aryl methyl sites for hydroxylation is 1. The van der Waals surface area contributed by atoms with E-state index in [1.807, 2.05) is 19.9 Å². The van der Waals surface area contributed by atoms with Crippen LogP contribution in [0.4, 0.5) is 0 Å². The molecule has 0 bridgehead atoms. The fraction of sp³-hybridized carbons (Fsp3) is 0.300. The van der Waals surface area contributed by atoms with Crippen LogP contribution in [0.5, 0.6) is 0 Å². The van der Waals surface area contributed by atoms with Crippen LogP contribution < -0.4 is 0 Å². The first-order valence-corrected chi connectivity index (χ1v) is 5.77. The summed E-state index contributed by atoms with van der Waals surface area (Å²) in [5.41, 5.74) is 0.956. The highest BCUT2D eigenvalue weighted by molar-refractivity contribution is 7.85. The van der Waals surface area contributed by atoms with E-state index in [0.29, 0.717) is 6.42 Å². The second-order valence-corrected chi connectivity index (χ2v) is 4.22. The predicted octanol–water partition coefficient (Wildman–Crippen LogP) is 0.512. The van der Waals surface area contributed by atoms with Crippen LogP contribution in [0.1, 0.15) is 18.9 Å². The topological polar surface area (TPSA) is 141 Å². The van der Waals surface area contributed by atoms with Crippen molar-refractivity contribution in [1.82, 2.24) is 0 Å². The van der Waals surface area contributed by atoms with Gasteiger partial charge in [0.1, 0.15) is 0 Å². The molecule has 98 valence electrons. The molecule has 1 rings (SSSR count). The van der Waals surface area contributed by atoms with Gasteiger partial charge in [0.05, 0.1) is 11.0 Å². The maximum absolute atomic E-state index is 10.5. The molecule has 0 aromatic heterocycles. The average molecular weight is 263 g/mol. The average Bonchev–Trinajstić information content (AvgIpc) is 2.17. The van der Waals surface area contributed by atoms with Crippen LogP contribution in [0.3, 0.4) is 0 Å². The number of nitriles is 1. The number of hydrogen-bond donors (Lipinski definition) is 1. The highest BCUT2D eigenvalue weighted by Crippen LogP contribution is 2.08. The summed E-state index contributed by atoms with van der Waals surface area (Å²) < 4.78 is 29.6. The molecule has 7 heteroatoms. The molecule has 0 saturated carbocycles. The lowest BCUT2D eigenvalue weighted by atomic mass is 10.2. The van der Waals surface area contributed by atoms with Crippen molar-refractivity contribution in [3.05, 3.63) is 29.8 Å². The third-order valence-corrected chi connectivity index (χ3v) is 2.34. The van der Waals surface area contributed by atoms with Crippen molar-refractivity contribution < 1.29 is 23.9 Å². The lowest BCUT2D eigenvalue weighted by molar-refractivity contribution is 0.483. The highest BCUT2D eigenvalue weighted by Gasteiger charge is 2.06. The lowest BCUT2D eigenvalue weighted by Crippen LogP contribution is -1.96. The van der Waals surface area contributed by atoms with Gasteiger partial charge in [0.2, 0.25) is 0 Å². The summed E-state index contributed by atoms with van der Waals surface area (Å²) in [6.07, 6.45) is 0.625. The van der Waals surface area contributed by atoms with Gasteiger partial charge in [-0.05, 0) is 19.1 Å². The molecule has 0 radical (unpaired) electrons. The van der Waals surface area contributed by atoms with Gasteiger partial charge < -0.3 is 11.0 Å². The van der Waals surface area contributed by atoms with Crippen LogP contribution in [-0.4, -0.2) is 23.9 Å². The minimum absolute atomic E-state index is 0. The molecule has 6 nitrogen and oxygen atoms in total. The van der Waals surface area contributed by atoms with Crippen LogP contribution in [0, 0.1) is 18.3 Å². The van der Waals surface area contributed by atoms with Gasteiger partial charge in [0.15, 0.2) is 0 Å². The third kappa shape index (κ3) is 9.47. The van der Waals surface area contributed by atoms with Crippen molar-refractivity contribution in [3.8, 4) is 6.07 Å². The van der Waals surface area contributed by atoms with Crippen LogP contribution in [-0.2, 0) is 10.1 Å². The minimum Gasteiger partial charge on any atom is -0.412 e. The number of rotatable bonds is 1. The van der Waals surface area contributed by atoms with E-state index in [1.165, 1.54) is 12.1 Å². The van der Waals surface area contributed by atoms with E-state index in [4.69, 9.17) is 9.81 Å². The molecule has 0 unspecified atom stereocenters. The third-order valence-electron chi connectivity index (χ3n) is 1.48. The zero-order valence-corrected chi connectivity index (χ0v) is 10.5. The maximum Gasteiger partial charge on any atom is 0.294 e. The van der Waals surface area contributed by atoms with Crippen LogP contribution in [0.2, 0.25) is 0 Å². The molecule has 0 heterocycles. The van der Waals surface area contributed by atoms with Crippen LogP contribution in [0.25, 0.3) is 0 Å². The molecular weight excluding hydrogens is 246 g/mol. The molecule has 17 heavy (non-hydrogen) atoms. The van der Waals surface area contributed by atoms with Crippen LogP contribution in [0.15, 0.2) is 29.2 Å². The molecule has 0 spiro atoms. The Kier molecular flexibility index (Phi) is 12.0. The molecule has 1 aromatic carbocycles. The first-order valence-electron chi connectivity index (χ1n) is 4.33. The summed E-state index contributed by atoms with van der Waals surface area (Å²) in [5.74, 6) is 0. The van der Waals surface area contributed by atoms with Gasteiger partial charge in [-0.25, -0.2) is 0 Å². The highest BCUT2D eigenvalue weighted by atomic mass is 32.2. The van der Waals surface area contributed by atoms with Gasteiger partial charge in [-0.3, -0.25) is 4.55 Å². The first-order chi connectivity index (χ1) is 6.91. The van der Waals surface area contributed by atoms with E-state index in [-0.39, 0.29) is 15.8 Å². The Morgan fingerprint density at radius 2 is 1.59 bits per heavy atom. The summed E-state index contributed by atoms with van der Waals surface area (Å²) in [4.78, 5) is -0.0666. The Hall–Kier alpha value is -1.46. The van der Waals surface area contributed by atoms with E-state index < -0.39 is 10.1 Å².